The summed E-state index contributed by atoms with van der Waals surface area (Å²) < 4.78 is 7.58. The Morgan fingerprint density at radius 2 is 2.21 bits per heavy atom. The zero-order chi connectivity index (χ0) is 9.80. The van der Waals surface area contributed by atoms with E-state index >= 15 is 0 Å². The van der Waals surface area contributed by atoms with Gasteiger partial charge in [-0.25, -0.2) is 0 Å². The summed E-state index contributed by atoms with van der Waals surface area (Å²) in [5, 5.41) is 0. The molecule has 0 bridgehead atoms. The molecule has 1 fully saturated rings. The molecule has 0 atom stereocenters. The molecule has 78 valence electrons. The smallest absolute Gasteiger partial charge is 0.0469 e. The highest BCUT2D eigenvalue weighted by atomic mass is 16.5. The van der Waals surface area contributed by atoms with Crippen LogP contribution in [0.5, 0.6) is 0 Å². The van der Waals surface area contributed by atoms with E-state index in [0.29, 0.717) is 6.54 Å². The Bertz CT molecular complexity index is 277. The Morgan fingerprint density at radius 1 is 1.43 bits per heavy atom. The molecule has 0 aliphatic carbocycles. The van der Waals surface area contributed by atoms with Gasteiger partial charge in [0.15, 0.2) is 0 Å². The first-order chi connectivity index (χ1) is 6.88. The maximum Gasteiger partial charge on any atom is 0.0469 e. The van der Waals surface area contributed by atoms with Gasteiger partial charge in [0.05, 0.1) is 0 Å². The van der Waals surface area contributed by atoms with Crippen molar-refractivity contribution >= 4 is 0 Å². The highest BCUT2D eigenvalue weighted by molar-refractivity contribution is 5.09. The van der Waals surface area contributed by atoms with E-state index in [2.05, 4.69) is 23.0 Å². The summed E-state index contributed by atoms with van der Waals surface area (Å²) in [6, 6.07) is 2.10. The molecule has 2 N–H and O–H groups in total. The molecule has 0 saturated carbocycles. The molecule has 1 aromatic heterocycles. The molecule has 2 rings (SSSR count). The third-order valence-corrected chi connectivity index (χ3v) is 2.86. The summed E-state index contributed by atoms with van der Waals surface area (Å²) in [5.41, 5.74) is 6.78. The lowest BCUT2D eigenvalue weighted by Gasteiger charge is -2.22. The number of rotatable bonds is 3. The monoisotopic (exact) mass is 194 g/mol. The lowest BCUT2D eigenvalue weighted by Crippen LogP contribution is -2.19. The van der Waals surface area contributed by atoms with E-state index in [4.69, 9.17) is 10.5 Å². The van der Waals surface area contributed by atoms with Gasteiger partial charge < -0.3 is 15.0 Å². The fraction of sp³-hybridized carbons (Fsp3) is 0.636. The predicted molar refractivity (Wildman–Crippen MR) is 55.9 cm³/mol. The Kier molecular flexibility index (Phi) is 3.22. The first-order valence-corrected chi connectivity index (χ1v) is 5.31. The number of hydrogen-bond acceptors (Lipinski definition) is 2. The van der Waals surface area contributed by atoms with Crippen molar-refractivity contribution in [1.29, 1.82) is 0 Å². The summed E-state index contributed by atoms with van der Waals surface area (Å²) >= 11 is 0. The van der Waals surface area contributed by atoms with E-state index in [1.54, 1.807) is 0 Å². The quantitative estimate of drug-likeness (QED) is 0.789. The summed E-state index contributed by atoms with van der Waals surface area (Å²) in [4.78, 5) is 0. The van der Waals surface area contributed by atoms with Gasteiger partial charge in [-0.15, -0.1) is 0 Å². The molecule has 2 heterocycles. The Hall–Kier alpha value is -0.800. The van der Waals surface area contributed by atoms with Crippen molar-refractivity contribution in [3.8, 4) is 0 Å². The van der Waals surface area contributed by atoms with Crippen LogP contribution in [0.2, 0.25) is 0 Å². The molecule has 1 aromatic rings. The molecular weight excluding hydrogens is 176 g/mol. The molecule has 1 aliphatic rings. The standard InChI is InChI=1S/C11H18N2O/c12-7-11-1-4-13(9-11)8-10-2-5-14-6-3-10/h1,4,9-10H,2-3,5-8,12H2. The average Bonchev–Trinajstić information content (AvgIpc) is 2.67. The first kappa shape index (κ1) is 9.74. The Morgan fingerprint density at radius 3 is 2.86 bits per heavy atom. The normalized spacial score (nSPS) is 18.6. The second kappa shape index (κ2) is 4.62. The minimum absolute atomic E-state index is 0.640. The van der Waals surface area contributed by atoms with E-state index < -0.39 is 0 Å². The van der Waals surface area contributed by atoms with Crippen molar-refractivity contribution in [1.82, 2.24) is 4.57 Å². The predicted octanol–water partition coefficient (Wildman–Crippen LogP) is 1.37. The van der Waals surface area contributed by atoms with Crippen LogP contribution < -0.4 is 5.73 Å². The van der Waals surface area contributed by atoms with Crippen LogP contribution in [0, 0.1) is 5.92 Å². The summed E-state index contributed by atoms with van der Waals surface area (Å²) in [5.74, 6) is 0.779. The van der Waals surface area contributed by atoms with Crippen LogP contribution in [0.15, 0.2) is 18.5 Å². The van der Waals surface area contributed by atoms with Gasteiger partial charge in [-0.05, 0) is 30.4 Å². The van der Waals surface area contributed by atoms with Gasteiger partial charge in [0, 0.05) is 38.7 Å². The second-order valence-corrected chi connectivity index (χ2v) is 3.98. The maximum absolute atomic E-state index is 5.56. The molecular formula is C11H18N2O. The van der Waals surface area contributed by atoms with E-state index in [1.165, 1.54) is 18.4 Å². The van der Waals surface area contributed by atoms with E-state index in [-0.39, 0.29) is 0 Å². The average molecular weight is 194 g/mol. The van der Waals surface area contributed by atoms with Crippen LogP contribution in [0.4, 0.5) is 0 Å². The Balaban J connectivity index is 1.89. The molecule has 0 spiro atoms. The van der Waals surface area contributed by atoms with Crippen LogP contribution in [-0.2, 0) is 17.8 Å². The molecule has 0 unspecified atom stereocenters. The number of nitrogens with two attached hydrogens (primary N) is 1. The minimum atomic E-state index is 0.640. The highest BCUT2D eigenvalue weighted by Gasteiger charge is 2.13. The van der Waals surface area contributed by atoms with Crippen LogP contribution >= 0.6 is 0 Å². The molecule has 0 amide bonds. The lowest BCUT2D eigenvalue weighted by molar-refractivity contribution is 0.0613. The zero-order valence-electron chi connectivity index (χ0n) is 8.48. The fourth-order valence-corrected chi connectivity index (χ4v) is 1.95. The summed E-state index contributed by atoms with van der Waals surface area (Å²) in [6.45, 7) is 3.61. The SMILES string of the molecule is NCc1ccn(CC2CCOCC2)c1. The van der Waals surface area contributed by atoms with Gasteiger partial charge in [0.2, 0.25) is 0 Å². The Labute approximate surface area is 84.9 Å². The van der Waals surface area contributed by atoms with Crippen molar-refractivity contribution < 1.29 is 4.74 Å². The third kappa shape index (κ3) is 2.36. The second-order valence-electron chi connectivity index (χ2n) is 3.98. The third-order valence-electron chi connectivity index (χ3n) is 2.86. The molecule has 0 radical (unpaired) electrons. The van der Waals surface area contributed by atoms with E-state index in [0.717, 1.165) is 25.7 Å². The van der Waals surface area contributed by atoms with Gasteiger partial charge in [-0.2, -0.15) is 0 Å². The molecule has 1 saturated heterocycles. The van der Waals surface area contributed by atoms with Gasteiger partial charge in [0.25, 0.3) is 0 Å². The number of ether oxygens (including phenoxy) is 1. The zero-order valence-corrected chi connectivity index (χ0v) is 8.48. The number of aromatic nitrogens is 1. The maximum atomic E-state index is 5.56. The molecule has 0 aromatic carbocycles. The van der Waals surface area contributed by atoms with Crippen molar-refractivity contribution in [3.05, 3.63) is 24.0 Å². The van der Waals surface area contributed by atoms with E-state index in [1.807, 2.05) is 0 Å². The molecule has 3 heteroatoms. The van der Waals surface area contributed by atoms with Gasteiger partial charge in [-0.3, -0.25) is 0 Å². The van der Waals surface area contributed by atoms with Crippen LogP contribution in [-0.4, -0.2) is 17.8 Å². The lowest BCUT2D eigenvalue weighted by atomic mass is 10.0. The molecule has 14 heavy (non-hydrogen) atoms. The van der Waals surface area contributed by atoms with Crippen molar-refractivity contribution in [2.24, 2.45) is 11.7 Å². The van der Waals surface area contributed by atoms with Crippen LogP contribution in [0.25, 0.3) is 0 Å². The van der Waals surface area contributed by atoms with Crippen LogP contribution in [0.1, 0.15) is 18.4 Å². The summed E-state index contributed by atoms with van der Waals surface area (Å²) in [7, 11) is 0. The fourth-order valence-electron chi connectivity index (χ4n) is 1.95. The number of hydrogen-bond donors (Lipinski definition) is 1. The molecule has 3 nitrogen and oxygen atoms in total. The largest absolute Gasteiger partial charge is 0.381 e. The van der Waals surface area contributed by atoms with Gasteiger partial charge in [0.1, 0.15) is 0 Å². The summed E-state index contributed by atoms with van der Waals surface area (Å²) in [6.07, 6.45) is 6.65. The van der Waals surface area contributed by atoms with Crippen molar-refractivity contribution in [2.75, 3.05) is 13.2 Å². The minimum Gasteiger partial charge on any atom is -0.381 e. The topological polar surface area (TPSA) is 40.2 Å². The highest BCUT2D eigenvalue weighted by Crippen LogP contribution is 2.17. The van der Waals surface area contributed by atoms with Crippen molar-refractivity contribution in [3.63, 3.8) is 0 Å². The van der Waals surface area contributed by atoms with Gasteiger partial charge >= 0.3 is 0 Å². The van der Waals surface area contributed by atoms with Gasteiger partial charge in [-0.1, -0.05) is 0 Å². The molecule has 1 aliphatic heterocycles. The van der Waals surface area contributed by atoms with Crippen LogP contribution in [0.3, 0.4) is 0 Å². The number of nitrogens with zero attached hydrogens (tertiary/aromatic N) is 1. The van der Waals surface area contributed by atoms with E-state index in [9.17, 15) is 0 Å². The van der Waals surface area contributed by atoms with Crippen molar-refractivity contribution in [2.45, 2.75) is 25.9 Å². The first-order valence-electron chi connectivity index (χ1n) is 5.31.